The summed E-state index contributed by atoms with van der Waals surface area (Å²) < 4.78 is 0.909. The molecule has 0 saturated heterocycles. The molecule has 2 amide bonds. The van der Waals surface area contributed by atoms with Gasteiger partial charge in [0.15, 0.2) is 0 Å². The lowest BCUT2D eigenvalue weighted by molar-refractivity contribution is -0.122. The molecule has 0 aliphatic rings. The molecule has 122 valence electrons. The van der Waals surface area contributed by atoms with Crippen molar-refractivity contribution < 1.29 is 14.7 Å². The van der Waals surface area contributed by atoms with Gasteiger partial charge in [0.1, 0.15) is 0 Å². The average Bonchev–Trinajstić information content (AvgIpc) is 2.47. The fourth-order valence-electron chi connectivity index (χ4n) is 1.98. The Balaban J connectivity index is 2.35. The first kappa shape index (κ1) is 18.6. The van der Waals surface area contributed by atoms with Gasteiger partial charge in [0.25, 0.3) is 5.91 Å². The van der Waals surface area contributed by atoms with Crippen LogP contribution in [0.2, 0.25) is 0 Å². The maximum atomic E-state index is 11.9. The molecule has 0 aliphatic heterocycles. The van der Waals surface area contributed by atoms with Gasteiger partial charge in [-0.3, -0.25) is 9.59 Å². The van der Waals surface area contributed by atoms with Crippen molar-refractivity contribution in [1.82, 2.24) is 10.6 Å². The van der Waals surface area contributed by atoms with Gasteiger partial charge >= 0.3 is 0 Å². The molecular weight excluding hydrogens is 348 g/mol. The molecule has 1 atom stereocenters. The highest BCUT2D eigenvalue weighted by atomic mass is 79.9. The zero-order chi connectivity index (χ0) is 16.5. The van der Waals surface area contributed by atoms with Crippen LogP contribution < -0.4 is 10.6 Å². The lowest BCUT2D eigenvalue weighted by Crippen LogP contribution is -2.40. The summed E-state index contributed by atoms with van der Waals surface area (Å²) in [4.78, 5) is 23.7. The van der Waals surface area contributed by atoms with Crippen molar-refractivity contribution in [2.45, 2.75) is 32.7 Å². The van der Waals surface area contributed by atoms with Gasteiger partial charge in [-0.1, -0.05) is 29.8 Å². The smallest absolute Gasteiger partial charge is 0.251 e. The number of amides is 2. The van der Waals surface area contributed by atoms with Crippen LogP contribution in [0.4, 0.5) is 0 Å². The molecule has 6 heteroatoms. The highest BCUT2D eigenvalue weighted by molar-refractivity contribution is 9.10. The maximum Gasteiger partial charge on any atom is 0.251 e. The van der Waals surface area contributed by atoms with Crippen molar-refractivity contribution in [3.05, 3.63) is 34.3 Å². The fourth-order valence-corrected chi connectivity index (χ4v) is 2.25. The number of hydrogen-bond donors (Lipinski definition) is 3. The summed E-state index contributed by atoms with van der Waals surface area (Å²) in [7, 11) is 0. The summed E-state index contributed by atoms with van der Waals surface area (Å²) >= 11 is 3.31. The first-order valence-corrected chi connectivity index (χ1v) is 8.17. The molecule has 1 aromatic rings. The van der Waals surface area contributed by atoms with Crippen LogP contribution in [0.15, 0.2) is 28.7 Å². The molecule has 3 N–H and O–H groups in total. The Kier molecular flexibility index (Phi) is 8.12. The van der Waals surface area contributed by atoms with Gasteiger partial charge in [-0.05, 0) is 36.6 Å². The molecule has 0 aliphatic carbocycles. The number of halogens is 1. The lowest BCUT2D eigenvalue weighted by atomic mass is 10.0. The third-order valence-electron chi connectivity index (χ3n) is 3.34. The molecule has 0 aromatic heterocycles. The Morgan fingerprint density at radius 1 is 1.23 bits per heavy atom. The van der Waals surface area contributed by atoms with Crippen molar-refractivity contribution in [2.75, 3.05) is 13.2 Å². The van der Waals surface area contributed by atoms with Crippen molar-refractivity contribution in [3.63, 3.8) is 0 Å². The van der Waals surface area contributed by atoms with E-state index in [1.165, 1.54) is 0 Å². The van der Waals surface area contributed by atoms with E-state index in [0.29, 0.717) is 12.0 Å². The van der Waals surface area contributed by atoms with Crippen LogP contribution in [0.3, 0.4) is 0 Å². The molecule has 22 heavy (non-hydrogen) atoms. The standard InChI is InChI=1S/C16H23BrN2O3/c1-11(2)14(8-10-20)19-15(21)7-9-18-16(22)12-3-5-13(17)6-4-12/h3-6,11,14,20H,7-10H2,1-2H3,(H,18,22)(H,19,21). The predicted octanol–water partition coefficient (Wildman–Crippen LogP) is 2.09. The Labute approximate surface area is 139 Å². The number of hydrogen-bond acceptors (Lipinski definition) is 3. The zero-order valence-corrected chi connectivity index (χ0v) is 14.5. The monoisotopic (exact) mass is 370 g/mol. The van der Waals surface area contributed by atoms with Gasteiger partial charge in [0.05, 0.1) is 0 Å². The Morgan fingerprint density at radius 3 is 2.41 bits per heavy atom. The van der Waals surface area contributed by atoms with Crippen LogP contribution in [0, 0.1) is 5.92 Å². The van der Waals surface area contributed by atoms with Crippen LogP contribution in [0.5, 0.6) is 0 Å². The molecule has 1 unspecified atom stereocenters. The van der Waals surface area contributed by atoms with E-state index in [2.05, 4.69) is 26.6 Å². The van der Waals surface area contributed by atoms with Gasteiger partial charge in [0, 0.05) is 35.7 Å². The lowest BCUT2D eigenvalue weighted by Gasteiger charge is -2.21. The number of carbonyl (C=O) groups excluding carboxylic acids is 2. The highest BCUT2D eigenvalue weighted by Crippen LogP contribution is 2.10. The molecule has 1 aromatic carbocycles. The van der Waals surface area contributed by atoms with Crippen LogP contribution in [-0.4, -0.2) is 36.1 Å². The van der Waals surface area contributed by atoms with E-state index in [4.69, 9.17) is 5.11 Å². The summed E-state index contributed by atoms with van der Waals surface area (Å²) in [5.41, 5.74) is 0.559. The van der Waals surface area contributed by atoms with E-state index in [9.17, 15) is 9.59 Å². The van der Waals surface area contributed by atoms with Crippen LogP contribution in [0.25, 0.3) is 0 Å². The Morgan fingerprint density at radius 2 is 1.86 bits per heavy atom. The zero-order valence-electron chi connectivity index (χ0n) is 12.9. The van der Waals surface area contributed by atoms with Crippen molar-refractivity contribution in [3.8, 4) is 0 Å². The van der Waals surface area contributed by atoms with E-state index >= 15 is 0 Å². The van der Waals surface area contributed by atoms with E-state index in [-0.39, 0.29) is 43.3 Å². The quantitative estimate of drug-likeness (QED) is 0.655. The summed E-state index contributed by atoms with van der Waals surface area (Å²) in [6, 6.07) is 6.98. The van der Waals surface area contributed by atoms with Gasteiger partial charge in [0.2, 0.25) is 5.91 Å². The van der Waals surface area contributed by atoms with Crippen LogP contribution in [-0.2, 0) is 4.79 Å². The molecule has 0 radical (unpaired) electrons. The summed E-state index contributed by atoms with van der Waals surface area (Å²) in [6.07, 6.45) is 0.756. The number of aliphatic hydroxyl groups excluding tert-OH is 1. The molecule has 5 nitrogen and oxygen atoms in total. The first-order chi connectivity index (χ1) is 10.4. The van der Waals surface area contributed by atoms with Gasteiger partial charge in [-0.2, -0.15) is 0 Å². The van der Waals surface area contributed by atoms with Gasteiger partial charge in [-0.15, -0.1) is 0 Å². The SMILES string of the molecule is CC(C)C(CCO)NC(=O)CCNC(=O)c1ccc(Br)cc1. The number of aliphatic hydroxyl groups is 1. The first-order valence-electron chi connectivity index (χ1n) is 7.38. The molecule has 0 spiro atoms. The van der Waals surface area contributed by atoms with E-state index in [1.807, 2.05) is 13.8 Å². The predicted molar refractivity (Wildman–Crippen MR) is 89.6 cm³/mol. The number of carbonyl (C=O) groups is 2. The van der Waals surface area contributed by atoms with E-state index in [1.54, 1.807) is 24.3 Å². The minimum absolute atomic E-state index is 0.0420. The maximum absolute atomic E-state index is 11.9. The van der Waals surface area contributed by atoms with Crippen LogP contribution in [0.1, 0.15) is 37.0 Å². The summed E-state index contributed by atoms with van der Waals surface area (Å²) in [5, 5.41) is 14.6. The normalized spacial score (nSPS) is 12.0. The number of rotatable bonds is 8. The Bertz CT molecular complexity index is 489. The fraction of sp³-hybridized carbons (Fsp3) is 0.500. The van der Waals surface area contributed by atoms with Crippen molar-refractivity contribution in [2.24, 2.45) is 5.92 Å². The largest absolute Gasteiger partial charge is 0.396 e. The minimum atomic E-state index is -0.198. The van der Waals surface area contributed by atoms with E-state index < -0.39 is 0 Å². The summed E-state index contributed by atoms with van der Waals surface area (Å²) in [5.74, 6) is -0.0622. The molecule has 0 fully saturated rings. The summed E-state index contributed by atoms with van der Waals surface area (Å²) in [6.45, 7) is 4.32. The molecular formula is C16H23BrN2O3. The van der Waals surface area contributed by atoms with Gasteiger partial charge < -0.3 is 15.7 Å². The van der Waals surface area contributed by atoms with Gasteiger partial charge in [-0.25, -0.2) is 0 Å². The molecule has 1 rings (SSSR count). The molecule has 0 heterocycles. The second-order valence-electron chi connectivity index (χ2n) is 5.44. The average molecular weight is 371 g/mol. The second kappa shape index (κ2) is 9.58. The second-order valence-corrected chi connectivity index (χ2v) is 6.36. The van der Waals surface area contributed by atoms with E-state index in [0.717, 1.165) is 4.47 Å². The number of nitrogens with one attached hydrogen (secondary N) is 2. The van der Waals surface area contributed by atoms with Crippen molar-refractivity contribution >= 4 is 27.7 Å². The van der Waals surface area contributed by atoms with Crippen LogP contribution >= 0.6 is 15.9 Å². The molecule has 0 saturated carbocycles. The van der Waals surface area contributed by atoms with Crippen molar-refractivity contribution in [1.29, 1.82) is 0 Å². The Hall–Kier alpha value is -1.40. The molecule has 0 bridgehead atoms. The topological polar surface area (TPSA) is 78.4 Å². The highest BCUT2D eigenvalue weighted by Gasteiger charge is 2.15. The minimum Gasteiger partial charge on any atom is -0.396 e. The third-order valence-corrected chi connectivity index (χ3v) is 3.86. The number of benzene rings is 1. The third kappa shape index (κ3) is 6.58.